The molecule has 2 aromatic rings. The third kappa shape index (κ3) is 5.34. The second-order valence-corrected chi connectivity index (χ2v) is 5.69. The van der Waals surface area contributed by atoms with Gasteiger partial charge in [0.05, 0.1) is 28.5 Å². The maximum Gasteiger partial charge on any atom is 0.0842 e. The van der Waals surface area contributed by atoms with Crippen molar-refractivity contribution in [2.75, 3.05) is 5.43 Å². The van der Waals surface area contributed by atoms with Gasteiger partial charge < -0.3 is 11.1 Å². The molecule has 2 rings (SSSR count). The lowest BCUT2D eigenvalue weighted by molar-refractivity contribution is 1.07. The van der Waals surface area contributed by atoms with E-state index in [0.717, 1.165) is 34.2 Å². The molecular formula is C19H23N7. The lowest BCUT2D eigenvalue weighted by Crippen LogP contribution is -2.09. The fourth-order valence-corrected chi connectivity index (χ4v) is 2.26. The first-order valence-electron chi connectivity index (χ1n) is 8.18. The molecule has 7 heteroatoms. The van der Waals surface area contributed by atoms with Gasteiger partial charge in [-0.1, -0.05) is 0 Å². The van der Waals surface area contributed by atoms with Crippen molar-refractivity contribution >= 4 is 29.5 Å². The number of allylic oxidation sites excluding steroid dienone is 1. The molecule has 2 aromatic heterocycles. The molecule has 0 bridgehead atoms. The highest BCUT2D eigenvalue weighted by Gasteiger charge is 2.05. The lowest BCUT2D eigenvalue weighted by Gasteiger charge is -2.07. The zero-order chi connectivity index (χ0) is 18.9. The van der Waals surface area contributed by atoms with E-state index in [-0.39, 0.29) is 0 Å². The van der Waals surface area contributed by atoms with E-state index in [1.54, 1.807) is 12.3 Å². The van der Waals surface area contributed by atoms with E-state index in [4.69, 9.17) is 11.1 Å². The van der Waals surface area contributed by atoms with Crippen LogP contribution in [0.4, 0.5) is 11.4 Å². The summed E-state index contributed by atoms with van der Waals surface area (Å²) in [6.07, 6.45) is 6.37. The number of hydrogen-bond acceptors (Lipinski definition) is 7. The number of aliphatic imine (C=N–C) groups is 1. The highest BCUT2D eigenvalue weighted by molar-refractivity contribution is 6.30. The number of nitrogens with zero attached hydrogens (tertiary/aromatic N) is 4. The third-order valence-corrected chi connectivity index (χ3v) is 3.60. The molecule has 0 aliphatic heterocycles. The molecule has 0 amide bonds. The number of anilines is 1. The predicted molar refractivity (Wildman–Crippen MR) is 108 cm³/mol. The highest BCUT2D eigenvalue weighted by atomic mass is 15.3. The number of aromatic nitrogens is 2. The standard InChI is InChI=1S/C19H23N7/c1-13-5-7-19(15(3)23-13)26-25-17(12-21)11-16-6-8-18(14(2)24-16)22-10-4-9-20/h4-10,12,21,26H,11,20H2,1-3H3/b9-4?,21-12?,22-10?,25-17+. The molecule has 4 N–H and O–H groups in total. The van der Waals surface area contributed by atoms with E-state index in [1.165, 1.54) is 12.4 Å². The molecule has 0 radical (unpaired) electrons. The van der Waals surface area contributed by atoms with Crippen molar-refractivity contribution in [1.29, 1.82) is 5.41 Å². The van der Waals surface area contributed by atoms with Gasteiger partial charge in [-0.25, -0.2) is 0 Å². The third-order valence-electron chi connectivity index (χ3n) is 3.60. The minimum absolute atomic E-state index is 0.447. The van der Waals surface area contributed by atoms with Crippen LogP contribution in [0.2, 0.25) is 0 Å². The van der Waals surface area contributed by atoms with E-state index in [2.05, 4.69) is 25.5 Å². The summed E-state index contributed by atoms with van der Waals surface area (Å²) in [5.41, 5.74) is 13.9. The number of rotatable bonds is 7. The molecule has 0 fully saturated rings. The summed E-state index contributed by atoms with van der Waals surface area (Å²) < 4.78 is 0. The maximum atomic E-state index is 7.59. The first-order chi connectivity index (χ1) is 12.5. The summed E-state index contributed by atoms with van der Waals surface area (Å²) >= 11 is 0. The van der Waals surface area contributed by atoms with Crippen molar-refractivity contribution in [3.8, 4) is 0 Å². The molecule has 0 unspecified atom stereocenters. The van der Waals surface area contributed by atoms with Gasteiger partial charge in [-0.05, 0) is 57.3 Å². The van der Waals surface area contributed by atoms with Crippen LogP contribution in [0.1, 0.15) is 22.8 Å². The van der Waals surface area contributed by atoms with Crippen molar-refractivity contribution in [3.05, 3.63) is 59.3 Å². The molecule has 0 aromatic carbocycles. The quantitative estimate of drug-likeness (QED) is 0.526. The van der Waals surface area contributed by atoms with Crippen LogP contribution in [0.3, 0.4) is 0 Å². The van der Waals surface area contributed by atoms with Crippen LogP contribution in [-0.2, 0) is 6.42 Å². The molecule has 0 aliphatic carbocycles. The van der Waals surface area contributed by atoms with Crippen LogP contribution in [-0.4, -0.2) is 28.1 Å². The van der Waals surface area contributed by atoms with Crippen molar-refractivity contribution in [3.63, 3.8) is 0 Å². The highest BCUT2D eigenvalue weighted by Crippen LogP contribution is 2.17. The molecule has 134 valence electrons. The Kier molecular flexibility index (Phi) is 6.73. The van der Waals surface area contributed by atoms with Crippen LogP contribution in [0.15, 0.2) is 46.6 Å². The van der Waals surface area contributed by atoms with Crippen LogP contribution in [0.5, 0.6) is 0 Å². The summed E-state index contributed by atoms with van der Waals surface area (Å²) in [4.78, 5) is 13.2. The smallest absolute Gasteiger partial charge is 0.0842 e. The second kappa shape index (κ2) is 9.22. The van der Waals surface area contributed by atoms with Crippen LogP contribution < -0.4 is 11.2 Å². The number of pyridine rings is 2. The Morgan fingerprint density at radius 3 is 2.62 bits per heavy atom. The van der Waals surface area contributed by atoms with Crippen molar-refractivity contribution in [2.24, 2.45) is 15.8 Å². The molecule has 26 heavy (non-hydrogen) atoms. The maximum absolute atomic E-state index is 7.59. The van der Waals surface area contributed by atoms with Gasteiger partial charge in [0.1, 0.15) is 0 Å². The summed E-state index contributed by atoms with van der Waals surface area (Å²) in [5, 5.41) is 11.9. The fraction of sp³-hybridized carbons (Fsp3) is 0.211. The Hall–Kier alpha value is -3.35. The van der Waals surface area contributed by atoms with Crippen molar-refractivity contribution in [1.82, 2.24) is 9.97 Å². The van der Waals surface area contributed by atoms with Crippen LogP contribution >= 0.6 is 0 Å². The van der Waals surface area contributed by atoms with Gasteiger partial charge >= 0.3 is 0 Å². The van der Waals surface area contributed by atoms with Crippen LogP contribution in [0.25, 0.3) is 0 Å². The number of aryl methyl sites for hydroxylation is 3. The van der Waals surface area contributed by atoms with Gasteiger partial charge in [0.25, 0.3) is 0 Å². The van der Waals surface area contributed by atoms with Gasteiger partial charge in [-0.3, -0.25) is 20.4 Å². The minimum atomic E-state index is 0.447. The van der Waals surface area contributed by atoms with Gasteiger partial charge in [0.2, 0.25) is 0 Å². The van der Waals surface area contributed by atoms with E-state index in [1.807, 2.05) is 45.0 Å². The summed E-state index contributed by atoms with van der Waals surface area (Å²) in [7, 11) is 0. The second-order valence-electron chi connectivity index (χ2n) is 5.69. The van der Waals surface area contributed by atoms with E-state index >= 15 is 0 Å². The first kappa shape index (κ1) is 19.0. The Balaban J connectivity index is 2.11. The molecule has 0 aliphatic rings. The predicted octanol–water partition coefficient (Wildman–Crippen LogP) is 3.24. The minimum Gasteiger partial charge on any atom is -0.405 e. The van der Waals surface area contributed by atoms with Crippen molar-refractivity contribution in [2.45, 2.75) is 27.2 Å². The van der Waals surface area contributed by atoms with Gasteiger partial charge in [0.15, 0.2) is 0 Å². The molecule has 7 nitrogen and oxygen atoms in total. The van der Waals surface area contributed by atoms with Crippen LogP contribution in [0, 0.1) is 26.2 Å². The van der Waals surface area contributed by atoms with Gasteiger partial charge in [-0.15, -0.1) is 0 Å². The van der Waals surface area contributed by atoms with Crippen molar-refractivity contribution < 1.29 is 0 Å². The first-order valence-corrected chi connectivity index (χ1v) is 8.18. The fourth-order valence-electron chi connectivity index (χ4n) is 2.26. The monoisotopic (exact) mass is 349 g/mol. The summed E-state index contributed by atoms with van der Waals surface area (Å²) in [5.74, 6) is 0. The zero-order valence-electron chi connectivity index (χ0n) is 15.2. The Bertz CT molecular complexity index is 866. The number of hydrazone groups is 1. The zero-order valence-corrected chi connectivity index (χ0v) is 15.2. The Morgan fingerprint density at radius 2 is 1.96 bits per heavy atom. The molecular weight excluding hydrogens is 326 g/mol. The largest absolute Gasteiger partial charge is 0.405 e. The Morgan fingerprint density at radius 1 is 1.15 bits per heavy atom. The van der Waals surface area contributed by atoms with E-state index < -0.39 is 0 Å². The molecule has 0 spiro atoms. The average Bonchev–Trinajstić information content (AvgIpc) is 2.61. The Labute approximate surface area is 153 Å². The number of hydrogen-bond donors (Lipinski definition) is 3. The lowest BCUT2D eigenvalue weighted by atomic mass is 10.2. The van der Waals surface area contributed by atoms with E-state index in [0.29, 0.717) is 12.1 Å². The normalized spacial score (nSPS) is 12.0. The molecule has 2 heterocycles. The summed E-state index contributed by atoms with van der Waals surface area (Å²) in [6, 6.07) is 7.61. The average molecular weight is 349 g/mol. The molecule has 0 atom stereocenters. The number of nitrogens with two attached hydrogens (primary N) is 1. The van der Waals surface area contributed by atoms with Gasteiger partial charge in [-0.2, -0.15) is 5.10 Å². The summed E-state index contributed by atoms with van der Waals surface area (Å²) in [6.45, 7) is 5.75. The topological polar surface area (TPSA) is 112 Å². The molecule has 0 saturated heterocycles. The van der Waals surface area contributed by atoms with Gasteiger partial charge in [0, 0.05) is 30.2 Å². The molecule has 0 saturated carbocycles. The number of nitrogens with one attached hydrogen (secondary N) is 2. The SMILES string of the molecule is Cc1ccc(N/N=C(/C=N)Cc2ccc(N=CC=CN)c(C)n2)c(C)n1. The van der Waals surface area contributed by atoms with E-state index in [9.17, 15) is 0 Å².